The summed E-state index contributed by atoms with van der Waals surface area (Å²) in [6.07, 6.45) is 0.682. The molecular weight excluding hydrogens is 322 g/mol. The Morgan fingerprint density at radius 2 is 1.92 bits per heavy atom. The monoisotopic (exact) mass is 341 g/mol. The Kier molecular flexibility index (Phi) is 4.85. The van der Waals surface area contributed by atoms with Crippen molar-refractivity contribution >= 4 is 11.8 Å². The number of hydrogen-bond donors (Lipinski definition) is 1. The van der Waals surface area contributed by atoms with Gasteiger partial charge < -0.3 is 9.40 Å². The molecule has 0 bridgehead atoms. The lowest BCUT2D eigenvalue weighted by molar-refractivity contribution is 0.540. The van der Waals surface area contributed by atoms with Crippen LogP contribution in [0.3, 0.4) is 0 Å². The molecule has 5 nitrogen and oxygen atoms in total. The molecule has 1 aromatic carbocycles. The van der Waals surface area contributed by atoms with Crippen molar-refractivity contribution in [3.05, 3.63) is 63.4 Å². The van der Waals surface area contributed by atoms with E-state index in [4.69, 9.17) is 4.42 Å². The van der Waals surface area contributed by atoms with E-state index in [-0.39, 0.29) is 5.56 Å². The normalized spacial score (nSPS) is 11.0. The van der Waals surface area contributed by atoms with Crippen molar-refractivity contribution in [1.29, 1.82) is 0 Å². The van der Waals surface area contributed by atoms with Crippen LogP contribution in [-0.4, -0.2) is 15.0 Å². The summed E-state index contributed by atoms with van der Waals surface area (Å²) in [5, 5.41) is 0.610. The number of hydrogen-bond acceptors (Lipinski definition) is 5. The first kappa shape index (κ1) is 16.5. The highest BCUT2D eigenvalue weighted by molar-refractivity contribution is 7.98. The van der Waals surface area contributed by atoms with Gasteiger partial charge in [0.1, 0.15) is 5.76 Å². The first-order valence-corrected chi connectivity index (χ1v) is 8.81. The van der Waals surface area contributed by atoms with Crippen LogP contribution in [0, 0.1) is 13.8 Å². The summed E-state index contributed by atoms with van der Waals surface area (Å²) in [4.78, 5) is 23.9. The molecular formula is C18H19N3O2S. The fourth-order valence-corrected chi connectivity index (χ4v) is 3.38. The van der Waals surface area contributed by atoms with Gasteiger partial charge in [0, 0.05) is 22.6 Å². The van der Waals surface area contributed by atoms with Gasteiger partial charge in [-0.15, -0.1) is 0 Å². The lowest BCUT2D eigenvalue weighted by Gasteiger charge is -2.04. The predicted octanol–water partition coefficient (Wildman–Crippen LogP) is 3.90. The molecule has 0 spiro atoms. The second-order valence-corrected chi connectivity index (χ2v) is 6.43. The van der Waals surface area contributed by atoms with E-state index in [2.05, 4.69) is 15.0 Å². The van der Waals surface area contributed by atoms with Crippen molar-refractivity contribution in [2.24, 2.45) is 0 Å². The number of rotatable bonds is 5. The van der Waals surface area contributed by atoms with Crippen LogP contribution in [0.2, 0.25) is 0 Å². The van der Waals surface area contributed by atoms with Gasteiger partial charge in [-0.2, -0.15) is 0 Å². The van der Waals surface area contributed by atoms with Crippen LogP contribution in [0.25, 0.3) is 11.5 Å². The molecule has 0 aliphatic heterocycles. The van der Waals surface area contributed by atoms with Crippen molar-refractivity contribution in [3.63, 3.8) is 0 Å². The lowest BCUT2D eigenvalue weighted by atomic mass is 10.2. The Labute approximate surface area is 144 Å². The van der Waals surface area contributed by atoms with Crippen molar-refractivity contribution in [1.82, 2.24) is 15.0 Å². The maximum absolute atomic E-state index is 12.0. The number of nitrogens with zero attached hydrogens (tertiary/aromatic N) is 2. The standard InChI is InChI=1S/C18H19N3O2S/c1-4-14-11(2)19-18(21-16(14)22)24-10-15-12(3)23-17(20-15)13-8-6-5-7-9-13/h5-9H,4,10H2,1-3H3,(H,19,21,22). The average Bonchev–Trinajstić information content (AvgIpc) is 2.94. The zero-order valence-corrected chi connectivity index (χ0v) is 14.7. The first-order chi connectivity index (χ1) is 11.6. The van der Waals surface area contributed by atoms with Crippen LogP contribution >= 0.6 is 11.8 Å². The summed E-state index contributed by atoms with van der Waals surface area (Å²) >= 11 is 1.45. The quantitative estimate of drug-likeness (QED) is 0.563. The van der Waals surface area contributed by atoms with Crippen molar-refractivity contribution in [2.45, 2.75) is 38.1 Å². The van der Waals surface area contributed by atoms with Gasteiger partial charge >= 0.3 is 0 Å². The molecule has 0 amide bonds. The molecule has 1 N–H and O–H groups in total. The summed E-state index contributed by atoms with van der Waals surface area (Å²) in [5.74, 6) is 1.99. The zero-order valence-electron chi connectivity index (χ0n) is 13.9. The number of aryl methyl sites for hydroxylation is 2. The SMILES string of the molecule is CCc1c(C)nc(SCc2nc(-c3ccccc3)oc2C)[nH]c1=O. The molecule has 0 saturated carbocycles. The number of H-pyrrole nitrogens is 1. The van der Waals surface area contributed by atoms with Gasteiger partial charge in [0.2, 0.25) is 5.89 Å². The molecule has 0 radical (unpaired) electrons. The minimum atomic E-state index is -0.0608. The predicted molar refractivity (Wildman–Crippen MR) is 95.2 cm³/mol. The minimum absolute atomic E-state index is 0.0608. The Hall–Kier alpha value is -2.34. The summed E-state index contributed by atoms with van der Waals surface area (Å²) in [6, 6.07) is 9.80. The van der Waals surface area contributed by atoms with E-state index in [1.165, 1.54) is 11.8 Å². The average molecular weight is 341 g/mol. The van der Waals surface area contributed by atoms with Crippen molar-refractivity contribution < 1.29 is 4.42 Å². The third-order valence-electron chi connectivity index (χ3n) is 3.81. The zero-order chi connectivity index (χ0) is 17.1. The number of aromatic amines is 1. The van der Waals surface area contributed by atoms with Crippen LogP contribution in [0.5, 0.6) is 0 Å². The Bertz CT molecular complexity index is 900. The minimum Gasteiger partial charge on any atom is -0.441 e. The molecule has 24 heavy (non-hydrogen) atoms. The van der Waals surface area contributed by atoms with E-state index in [0.717, 1.165) is 28.3 Å². The molecule has 0 aliphatic rings. The molecule has 3 aromatic rings. The Morgan fingerprint density at radius 3 is 2.58 bits per heavy atom. The Balaban J connectivity index is 1.78. The number of oxazole rings is 1. The van der Waals surface area contributed by atoms with E-state index in [9.17, 15) is 4.79 Å². The molecule has 0 aliphatic carbocycles. The molecule has 2 heterocycles. The van der Waals surface area contributed by atoms with Gasteiger partial charge in [0.15, 0.2) is 5.16 Å². The number of benzene rings is 1. The molecule has 2 aromatic heterocycles. The van der Waals surface area contributed by atoms with E-state index in [1.54, 1.807) is 0 Å². The highest BCUT2D eigenvalue weighted by Crippen LogP contribution is 2.25. The molecule has 3 rings (SSSR count). The van der Waals surface area contributed by atoms with E-state index >= 15 is 0 Å². The summed E-state index contributed by atoms with van der Waals surface area (Å²) in [6.45, 7) is 5.72. The van der Waals surface area contributed by atoms with Gasteiger partial charge in [-0.1, -0.05) is 36.9 Å². The summed E-state index contributed by atoms with van der Waals surface area (Å²) < 4.78 is 5.76. The lowest BCUT2D eigenvalue weighted by Crippen LogP contribution is -2.16. The number of nitrogens with one attached hydrogen (secondary N) is 1. The second-order valence-electron chi connectivity index (χ2n) is 5.47. The summed E-state index contributed by atoms with van der Waals surface area (Å²) in [5.41, 5.74) is 3.27. The number of aromatic nitrogens is 3. The molecule has 0 unspecified atom stereocenters. The highest BCUT2D eigenvalue weighted by Gasteiger charge is 2.13. The first-order valence-electron chi connectivity index (χ1n) is 7.82. The van der Waals surface area contributed by atoms with E-state index in [0.29, 0.717) is 23.2 Å². The topological polar surface area (TPSA) is 71.8 Å². The van der Waals surface area contributed by atoms with Gasteiger partial charge in [-0.3, -0.25) is 4.79 Å². The fourth-order valence-electron chi connectivity index (χ4n) is 2.47. The van der Waals surface area contributed by atoms with Gasteiger partial charge in [0.05, 0.1) is 5.69 Å². The van der Waals surface area contributed by atoms with Crippen LogP contribution < -0.4 is 5.56 Å². The molecule has 0 atom stereocenters. The summed E-state index contributed by atoms with van der Waals surface area (Å²) in [7, 11) is 0. The van der Waals surface area contributed by atoms with Crippen molar-refractivity contribution in [3.8, 4) is 11.5 Å². The fraction of sp³-hybridized carbons (Fsp3) is 0.278. The maximum Gasteiger partial charge on any atom is 0.254 e. The van der Waals surface area contributed by atoms with E-state index in [1.807, 2.05) is 51.1 Å². The third-order valence-corrected chi connectivity index (χ3v) is 4.70. The smallest absolute Gasteiger partial charge is 0.254 e. The Morgan fingerprint density at radius 1 is 1.17 bits per heavy atom. The largest absolute Gasteiger partial charge is 0.441 e. The molecule has 124 valence electrons. The highest BCUT2D eigenvalue weighted by atomic mass is 32.2. The second kappa shape index (κ2) is 7.05. The van der Waals surface area contributed by atoms with Gasteiger partial charge in [0.25, 0.3) is 5.56 Å². The molecule has 6 heteroatoms. The maximum atomic E-state index is 12.0. The van der Waals surface area contributed by atoms with Gasteiger partial charge in [-0.25, -0.2) is 9.97 Å². The molecule has 0 saturated heterocycles. The van der Waals surface area contributed by atoms with Crippen LogP contribution in [-0.2, 0) is 12.2 Å². The van der Waals surface area contributed by atoms with Crippen molar-refractivity contribution in [2.75, 3.05) is 0 Å². The van der Waals surface area contributed by atoms with Gasteiger partial charge in [-0.05, 0) is 32.4 Å². The van der Waals surface area contributed by atoms with Crippen LogP contribution in [0.15, 0.2) is 44.7 Å². The number of thioether (sulfide) groups is 1. The van der Waals surface area contributed by atoms with Crippen LogP contribution in [0.4, 0.5) is 0 Å². The molecule has 0 fully saturated rings. The third kappa shape index (κ3) is 3.43. The van der Waals surface area contributed by atoms with E-state index < -0.39 is 0 Å². The van der Waals surface area contributed by atoms with Crippen LogP contribution in [0.1, 0.15) is 29.6 Å².